The maximum absolute atomic E-state index is 5.54. The lowest BCUT2D eigenvalue weighted by Gasteiger charge is -2.35. The van der Waals surface area contributed by atoms with Crippen LogP contribution in [-0.4, -0.2) is 71.0 Å². The Morgan fingerprint density at radius 3 is 2.50 bits per heavy atom. The Bertz CT molecular complexity index is 652. The standard InChI is InChI=1S/C20H32N4O3.HI/c1-14-11-16(14)23-20(21-2)22-13-17(24-7-9-27-10-8-24)15-5-6-18(25-3)19(12-15)26-4;/h5-6,12,14,16-17H,7-11,13H2,1-4H3,(H2,21,22,23);1H. The van der Waals surface area contributed by atoms with Gasteiger partial charge in [-0.05, 0) is 30.0 Å². The minimum atomic E-state index is 0. The van der Waals surface area contributed by atoms with Crippen molar-refractivity contribution in [1.82, 2.24) is 15.5 Å². The fourth-order valence-corrected chi connectivity index (χ4v) is 3.49. The molecular formula is C20H33IN4O3. The lowest BCUT2D eigenvalue weighted by molar-refractivity contribution is 0.0169. The summed E-state index contributed by atoms with van der Waals surface area (Å²) < 4.78 is 16.4. The molecule has 2 aliphatic rings. The highest BCUT2D eigenvalue weighted by Crippen LogP contribution is 2.32. The van der Waals surface area contributed by atoms with Crippen molar-refractivity contribution in [3.8, 4) is 11.5 Å². The van der Waals surface area contributed by atoms with E-state index in [0.29, 0.717) is 6.04 Å². The van der Waals surface area contributed by atoms with Gasteiger partial charge in [-0.25, -0.2) is 0 Å². The van der Waals surface area contributed by atoms with Gasteiger partial charge in [0.25, 0.3) is 0 Å². The van der Waals surface area contributed by atoms with E-state index in [1.165, 1.54) is 12.0 Å². The van der Waals surface area contributed by atoms with Crippen LogP contribution in [0.15, 0.2) is 23.2 Å². The second kappa shape index (κ2) is 11.1. The van der Waals surface area contributed by atoms with Gasteiger partial charge in [-0.1, -0.05) is 13.0 Å². The first-order valence-corrected chi connectivity index (χ1v) is 9.67. The van der Waals surface area contributed by atoms with Crippen LogP contribution in [-0.2, 0) is 4.74 Å². The number of hydrogen-bond acceptors (Lipinski definition) is 5. The van der Waals surface area contributed by atoms with Gasteiger partial charge in [-0.15, -0.1) is 24.0 Å². The molecule has 1 heterocycles. The number of morpholine rings is 1. The molecule has 8 heteroatoms. The zero-order valence-corrected chi connectivity index (χ0v) is 19.6. The molecule has 0 bridgehead atoms. The number of nitrogens with zero attached hydrogens (tertiary/aromatic N) is 2. The number of hydrogen-bond donors (Lipinski definition) is 2. The van der Waals surface area contributed by atoms with Crippen LogP contribution in [0.1, 0.15) is 24.9 Å². The van der Waals surface area contributed by atoms with Crippen LogP contribution in [0.5, 0.6) is 11.5 Å². The number of rotatable bonds is 7. The normalized spacial score (nSPS) is 23.4. The molecule has 1 aromatic rings. The second-order valence-corrected chi connectivity index (χ2v) is 7.20. The van der Waals surface area contributed by atoms with Crippen LogP contribution in [0.2, 0.25) is 0 Å². The molecule has 1 aliphatic heterocycles. The summed E-state index contributed by atoms with van der Waals surface area (Å²) in [4.78, 5) is 6.83. The zero-order valence-electron chi connectivity index (χ0n) is 17.2. The quantitative estimate of drug-likeness (QED) is 0.338. The number of halogens is 1. The third-order valence-electron chi connectivity index (χ3n) is 5.40. The molecule has 0 radical (unpaired) electrons. The highest BCUT2D eigenvalue weighted by Gasteiger charge is 2.33. The molecule has 0 aromatic heterocycles. The summed E-state index contributed by atoms with van der Waals surface area (Å²) in [5.74, 6) is 3.09. The molecule has 1 aromatic carbocycles. The topological polar surface area (TPSA) is 67.4 Å². The molecule has 3 atom stereocenters. The van der Waals surface area contributed by atoms with Crippen LogP contribution in [0.25, 0.3) is 0 Å². The van der Waals surface area contributed by atoms with E-state index >= 15 is 0 Å². The number of methoxy groups -OCH3 is 2. The fraction of sp³-hybridized carbons (Fsp3) is 0.650. The Kier molecular flexibility index (Phi) is 9.10. The Hall–Kier alpha value is -1.26. The van der Waals surface area contributed by atoms with Gasteiger partial charge in [0, 0.05) is 32.7 Å². The van der Waals surface area contributed by atoms with Gasteiger partial charge in [-0.3, -0.25) is 9.89 Å². The van der Waals surface area contributed by atoms with Gasteiger partial charge >= 0.3 is 0 Å². The van der Waals surface area contributed by atoms with Crippen molar-refractivity contribution in [2.45, 2.75) is 25.4 Å². The molecule has 28 heavy (non-hydrogen) atoms. The van der Waals surface area contributed by atoms with Crippen LogP contribution in [0, 0.1) is 5.92 Å². The molecule has 2 fully saturated rings. The van der Waals surface area contributed by atoms with Crippen molar-refractivity contribution in [3.05, 3.63) is 23.8 Å². The monoisotopic (exact) mass is 504 g/mol. The van der Waals surface area contributed by atoms with Gasteiger partial charge in [0.05, 0.1) is 33.5 Å². The lowest BCUT2D eigenvalue weighted by atomic mass is 10.0. The van der Waals surface area contributed by atoms with Gasteiger partial charge < -0.3 is 24.8 Å². The van der Waals surface area contributed by atoms with Crippen molar-refractivity contribution < 1.29 is 14.2 Å². The molecule has 1 saturated carbocycles. The second-order valence-electron chi connectivity index (χ2n) is 7.20. The number of ether oxygens (including phenoxy) is 3. The summed E-state index contributed by atoms with van der Waals surface area (Å²) in [6.45, 7) is 6.35. The largest absolute Gasteiger partial charge is 0.493 e. The highest BCUT2D eigenvalue weighted by molar-refractivity contribution is 14.0. The maximum atomic E-state index is 5.54. The Morgan fingerprint density at radius 1 is 1.25 bits per heavy atom. The minimum Gasteiger partial charge on any atom is -0.493 e. The van der Waals surface area contributed by atoms with Crippen molar-refractivity contribution in [3.63, 3.8) is 0 Å². The number of aliphatic imine (C=N–C) groups is 1. The summed E-state index contributed by atoms with van der Waals surface area (Å²) in [5, 5.41) is 7.00. The molecule has 3 rings (SSSR count). The van der Waals surface area contributed by atoms with Crippen LogP contribution in [0.3, 0.4) is 0 Å². The maximum Gasteiger partial charge on any atom is 0.191 e. The van der Waals surface area contributed by atoms with E-state index in [4.69, 9.17) is 14.2 Å². The Morgan fingerprint density at radius 2 is 1.93 bits per heavy atom. The SMILES string of the molecule is CN=C(NCC(c1ccc(OC)c(OC)c1)N1CCOCC1)NC1CC1C.I. The fourth-order valence-electron chi connectivity index (χ4n) is 3.49. The third kappa shape index (κ3) is 5.87. The summed E-state index contributed by atoms with van der Waals surface area (Å²) in [5.41, 5.74) is 1.19. The molecule has 2 N–H and O–H groups in total. The summed E-state index contributed by atoms with van der Waals surface area (Å²) in [6.07, 6.45) is 1.21. The summed E-state index contributed by atoms with van der Waals surface area (Å²) >= 11 is 0. The summed E-state index contributed by atoms with van der Waals surface area (Å²) in [7, 11) is 5.15. The first-order chi connectivity index (χ1) is 13.2. The number of guanidine groups is 1. The Labute approximate surface area is 185 Å². The lowest BCUT2D eigenvalue weighted by Crippen LogP contribution is -2.46. The molecule has 1 aliphatic carbocycles. The smallest absolute Gasteiger partial charge is 0.191 e. The molecule has 0 amide bonds. The van der Waals surface area contributed by atoms with E-state index in [2.05, 4.69) is 39.6 Å². The van der Waals surface area contributed by atoms with Crippen molar-refractivity contribution >= 4 is 29.9 Å². The van der Waals surface area contributed by atoms with E-state index in [1.807, 2.05) is 13.1 Å². The number of benzene rings is 1. The predicted octanol–water partition coefficient (Wildman–Crippen LogP) is 2.27. The van der Waals surface area contributed by atoms with Crippen LogP contribution in [0.4, 0.5) is 0 Å². The predicted molar refractivity (Wildman–Crippen MR) is 122 cm³/mol. The highest BCUT2D eigenvalue weighted by atomic mass is 127. The van der Waals surface area contributed by atoms with E-state index in [1.54, 1.807) is 14.2 Å². The molecule has 3 unspecified atom stereocenters. The van der Waals surface area contributed by atoms with E-state index < -0.39 is 0 Å². The van der Waals surface area contributed by atoms with Gasteiger partial charge in [0.2, 0.25) is 0 Å². The van der Waals surface area contributed by atoms with Crippen molar-refractivity contribution in [2.24, 2.45) is 10.9 Å². The Balaban J connectivity index is 0.00000280. The third-order valence-corrected chi connectivity index (χ3v) is 5.40. The minimum absolute atomic E-state index is 0. The average molecular weight is 504 g/mol. The molecule has 0 spiro atoms. The average Bonchev–Trinajstić information content (AvgIpc) is 3.42. The molecule has 158 valence electrons. The van der Waals surface area contributed by atoms with E-state index in [-0.39, 0.29) is 30.0 Å². The van der Waals surface area contributed by atoms with E-state index in [0.717, 1.165) is 56.2 Å². The van der Waals surface area contributed by atoms with Gasteiger partial charge in [0.15, 0.2) is 17.5 Å². The van der Waals surface area contributed by atoms with Crippen molar-refractivity contribution in [1.29, 1.82) is 0 Å². The zero-order chi connectivity index (χ0) is 19.2. The van der Waals surface area contributed by atoms with Gasteiger partial charge in [-0.2, -0.15) is 0 Å². The van der Waals surface area contributed by atoms with Crippen molar-refractivity contribution in [2.75, 3.05) is 54.1 Å². The first-order valence-electron chi connectivity index (χ1n) is 9.67. The molecular weight excluding hydrogens is 471 g/mol. The van der Waals surface area contributed by atoms with E-state index in [9.17, 15) is 0 Å². The number of nitrogens with one attached hydrogen (secondary N) is 2. The van der Waals surface area contributed by atoms with Gasteiger partial charge in [0.1, 0.15) is 0 Å². The molecule has 7 nitrogen and oxygen atoms in total. The molecule has 1 saturated heterocycles. The van der Waals surface area contributed by atoms with Crippen LogP contribution < -0.4 is 20.1 Å². The summed E-state index contributed by atoms with van der Waals surface area (Å²) in [6, 6.07) is 6.89. The first kappa shape index (κ1) is 23.0. The van der Waals surface area contributed by atoms with Crippen LogP contribution >= 0.6 is 24.0 Å².